The predicted molar refractivity (Wildman–Crippen MR) is 77.3 cm³/mol. The first-order valence-electron chi connectivity index (χ1n) is 6.25. The zero-order chi connectivity index (χ0) is 12.5. The van der Waals surface area contributed by atoms with Gasteiger partial charge in [-0.2, -0.15) is 0 Å². The normalized spacial score (nSPS) is 11.2. The summed E-state index contributed by atoms with van der Waals surface area (Å²) in [4.78, 5) is 4.55. The van der Waals surface area contributed by atoms with Gasteiger partial charge in [-0.25, -0.2) is 4.98 Å². The van der Waals surface area contributed by atoms with Gasteiger partial charge in [-0.1, -0.05) is 25.1 Å². The predicted octanol–water partition coefficient (Wildman–Crippen LogP) is 4.02. The molecule has 2 aromatic heterocycles. The molecule has 0 bridgehead atoms. The van der Waals surface area contributed by atoms with Gasteiger partial charge in [0.25, 0.3) is 0 Å². The van der Waals surface area contributed by atoms with E-state index in [0.717, 1.165) is 18.7 Å². The first kappa shape index (κ1) is 11.5. The molecule has 0 fully saturated rings. The van der Waals surface area contributed by atoms with Gasteiger partial charge in [-0.3, -0.25) is 0 Å². The van der Waals surface area contributed by atoms with Crippen molar-refractivity contribution in [2.75, 3.05) is 0 Å². The van der Waals surface area contributed by atoms with Gasteiger partial charge in [0.15, 0.2) is 0 Å². The maximum Gasteiger partial charge on any atom is 0.113 e. The first-order valence-corrected chi connectivity index (χ1v) is 7.13. The van der Waals surface area contributed by atoms with Gasteiger partial charge in [0.05, 0.1) is 12.1 Å². The molecule has 2 nitrogen and oxygen atoms in total. The van der Waals surface area contributed by atoms with E-state index in [0.29, 0.717) is 0 Å². The molecule has 2 heterocycles. The lowest BCUT2D eigenvalue weighted by molar-refractivity contribution is 0.820. The second-order valence-corrected chi connectivity index (χ2v) is 5.48. The molecule has 3 rings (SSSR count). The van der Waals surface area contributed by atoms with Gasteiger partial charge in [-0.05, 0) is 30.4 Å². The van der Waals surface area contributed by atoms with Crippen molar-refractivity contribution in [1.29, 1.82) is 0 Å². The van der Waals surface area contributed by atoms with Crippen LogP contribution >= 0.6 is 11.3 Å². The fourth-order valence-corrected chi connectivity index (χ4v) is 3.15. The number of para-hydroxylation sites is 1. The molecule has 0 aliphatic rings. The number of aromatic nitrogens is 2. The summed E-state index contributed by atoms with van der Waals surface area (Å²) in [5.74, 6) is 0. The summed E-state index contributed by atoms with van der Waals surface area (Å²) < 4.78 is 2.31. The molecular formula is C15H16N2S. The molecule has 0 aliphatic carbocycles. The molecular weight excluding hydrogens is 240 g/mol. The average Bonchev–Trinajstić information content (AvgIpc) is 2.97. The molecule has 0 N–H and O–H groups in total. The van der Waals surface area contributed by atoms with Crippen molar-refractivity contribution < 1.29 is 0 Å². The molecule has 0 amide bonds. The smallest absolute Gasteiger partial charge is 0.113 e. The van der Waals surface area contributed by atoms with Crippen LogP contribution in [0.1, 0.15) is 23.2 Å². The monoisotopic (exact) mass is 256 g/mol. The zero-order valence-electron chi connectivity index (χ0n) is 10.7. The molecule has 3 aromatic rings. The van der Waals surface area contributed by atoms with Crippen molar-refractivity contribution in [2.24, 2.45) is 0 Å². The van der Waals surface area contributed by atoms with Gasteiger partial charge >= 0.3 is 0 Å². The number of hydrogen-bond acceptors (Lipinski definition) is 2. The highest BCUT2D eigenvalue weighted by atomic mass is 32.1. The Morgan fingerprint density at radius 2 is 2.17 bits per heavy atom. The molecule has 0 atom stereocenters. The standard InChI is InChI=1S/C15H16N2S/c1-3-12-5-4-6-13-7-8-17(15(12)13)9-14-16-11(2)10-18-14/h4-8,10H,3,9H2,1-2H3. The average molecular weight is 256 g/mol. The van der Waals surface area contributed by atoms with Crippen molar-refractivity contribution in [3.63, 3.8) is 0 Å². The van der Waals surface area contributed by atoms with Crippen molar-refractivity contribution in [3.05, 3.63) is 52.1 Å². The van der Waals surface area contributed by atoms with Crippen LogP contribution in [0.4, 0.5) is 0 Å². The van der Waals surface area contributed by atoms with Crippen LogP contribution in [0.3, 0.4) is 0 Å². The van der Waals surface area contributed by atoms with Gasteiger partial charge in [0, 0.05) is 17.3 Å². The second-order valence-electron chi connectivity index (χ2n) is 4.53. The van der Waals surface area contributed by atoms with Crippen LogP contribution in [0.15, 0.2) is 35.8 Å². The van der Waals surface area contributed by atoms with Crippen LogP contribution in [-0.2, 0) is 13.0 Å². The fraction of sp³-hybridized carbons (Fsp3) is 0.267. The molecule has 18 heavy (non-hydrogen) atoms. The minimum absolute atomic E-state index is 0.874. The largest absolute Gasteiger partial charge is 0.340 e. The highest BCUT2D eigenvalue weighted by Crippen LogP contribution is 2.22. The molecule has 92 valence electrons. The van der Waals surface area contributed by atoms with Crippen molar-refractivity contribution in [1.82, 2.24) is 9.55 Å². The van der Waals surface area contributed by atoms with Crippen LogP contribution in [0.2, 0.25) is 0 Å². The number of rotatable bonds is 3. The number of nitrogens with zero attached hydrogens (tertiary/aromatic N) is 2. The lowest BCUT2D eigenvalue weighted by atomic mass is 10.1. The zero-order valence-corrected chi connectivity index (χ0v) is 11.5. The first-order chi connectivity index (χ1) is 8.78. The summed E-state index contributed by atoms with van der Waals surface area (Å²) in [6.45, 7) is 5.13. The van der Waals surface area contributed by atoms with E-state index in [4.69, 9.17) is 0 Å². The molecule has 0 radical (unpaired) electrons. The summed E-state index contributed by atoms with van der Waals surface area (Å²) in [5, 5.41) is 4.61. The molecule has 0 spiro atoms. The highest BCUT2D eigenvalue weighted by molar-refractivity contribution is 7.09. The molecule has 0 saturated heterocycles. The van der Waals surface area contributed by atoms with Crippen molar-refractivity contribution >= 4 is 22.2 Å². The third-order valence-electron chi connectivity index (χ3n) is 3.23. The molecule has 0 aliphatic heterocycles. The molecule has 0 unspecified atom stereocenters. The Hall–Kier alpha value is -1.61. The molecule has 1 aromatic carbocycles. The van der Waals surface area contributed by atoms with E-state index < -0.39 is 0 Å². The summed E-state index contributed by atoms with van der Waals surface area (Å²) in [7, 11) is 0. The minimum Gasteiger partial charge on any atom is -0.340 e. The fourth-order valence-electron chi connectivity index (χ4n) is 2.38. The lowest BCUT2D eigenvalue weighted by Gasteiger charge is -2.07. The van der Waals surface area contributed by atoms with Gasteiger partial charge in [0.1, 0.15) is 5.01 Å². The molecule has 0 saturated carbocycles. The Kier molecular flexibility index (Phi) is 2.92. The van der Waals surface area contributed by atoms with E-state index in [9.17, 15) is 0 Å². The number of thiazole rings is 1. The third kappa shape index (κ3) is 1.95. The Morgan fingerprint density at radius 1 is 1.28 bits per heavy atom. The summed E-state index contributed by atoms with van der Waals surface area (Å²) >= 11 is 1.74. The second kappa shape index (κ2) is 4.58. The van der Waals surface area contributed by atoms with Crippen LogP contribution in [0, 0.1) is 6.92 Å². The summed E-state index contributed by atoms with van der Waals surface area (Å²) in [6, 6.07) is 8.72. The van der Waals surface area contributed by atoms with E-state index in [1.165, 1.54) is 21.5 Å². The number of benzene rings is 1. The number of aryl methyl sites for hydroxylation is 2. The number of fused-ring (bicyclic) bond motifs is 1. The van der Waals surface area contributed by atoms with E-state index in [-0.39, 0.29) is 0 Å². The summed E-state index contributed by atoms with van der Waals surface area (Å²) in [6.07, 6.45) is 3.23. The SMILES string of the molecule is CCc1cccc2ccn(Cc3nc(C)cs3)c12. The Bertz CT molecular complexity index is 679. The van der Waals surface area contributed by atoms with Crippen LogP contribution in [-0.4, -0.2) is 9.55 Å². The van der Waals surface area contributed by atoms with Gasteiger partial charge in [0.2, 0.25) is 0 Å². The highest BCUT2D eigenvalue weighted by Gasteiger charge is 2.07. The molecule has 3 heteroatoms. The van der Waals surface area contributed by atoms with E-state index in [2.05, 4.69) is 52.3 Å². The maximum atomic E-state index is 4.55. The van der Waals surface area contributed by atoms with Gasteiger partial charge in [-0.15, -0.1) is 11.3 Å². The Morgan fingerprint density at radius 3 is 2.89 bits per heavy atom. The van der Waals surface area contributed by atoms with Crippen LogP contribution in [0.5, 0.6) is 0 Å². The Labute approximate surface area is 111 Å². The van der Waals surface area contributed by atoms with Gasteiger partial charge < -0.3 is 4.57 Å². The third-order valence-corrected chi connectivity index (χ3v) is 4.18. The summed E-state index contributed by atoms with van der Waals surface area (Å²) in [5.41, 5.74) is 3.88. The minimum atomic E-state index is 0.874. The van der Waals surface area contributed by atoms with Crippen LogP contribution in [0.25, 0.3) is 10.9 Å². The van der Waals surface area contributed by atoms with Crippen molar-refractivity contribution in [3.8, 4) is 0 Å². The topological polar surface area (TPSA) is 17.8 Å². The van der Waals surface area contributed by atoms with Crippen LogP contribution < -0.4 is 0 Å². The number of hydrogen-bond donors (Lipinski definition) is 0. The van der Waals surface area contributed by atoms with E-state index >= 15 is 0 Å². The van der Waals surface area contributed by atoms with E-state index in [1.54, 1.807) is 11.3 Å². The van der Waals surface area contributed by atoms with E-state index in [1.807, 2.05) is 6.92 Å². The maximum absolute atomic E-state index is 4.55. The quantitative estimate of drug-likeness (QED) is 0.692. The Balaban J connectivity index is 2.06. The van der Waals surface area contributed by atoms with Crippen molar-refractivity contribution in [2.45, 2.75) is 26.8 Å². The lowest BCUT2D eigenvalue weighted by Crippen LogP contribution is -1.99.